The standard InChI is InChI=1S/C19H13ClN2/c1-22-19(12-21)18-11-10-15(13-6-8-14(20)9-7-13)16-4-2-3-5-17(16)18/h2-9,15H,10-11H2. The zero-order chi connectivity index (χ0) is 15.5. The fourth-order valence-corrected chi connectivity index (χ4v) is 3.23. The second-order valence-electron chi connectivity index (χ2n) is 5.28. The van der Waals surface area contributed by atoms with E-state index in [9.17, 15) is 5.26 Å². The molecular weight excluding hydrogens is 292 g/mol. The van der Waals surface area contributed by atoms with Crippen molar-refractivity contribution in [2.75, 3.05) is 0 Å². The van der Waals surface area contributed by atoms with Gasteiger partial charge >= 0.3 is 0 Å². The van der Waals surface area contributed by atoms with Gasteiger partial charge in [0, 0.05) is 10.9 Å². The third kappa shape index (κ3) is 2.50. The number of nitriles is 1. The molecule has 1 unspecified atom stereocenters. The van der Waals surface area contributed by atoms with Crippen molar-refractivity contribution in [1.82, 2.24) is 0 Å². The molecule has 0 N–H and O–H groups in total. The smallest absolute Gasteiger partial charge is 0.226 e. The molecule has 0 saturated heterocycles. The molecule has 106 valence electrons. The van der Waals surface area contributed by atoms with Crippen molar-refractivity contribution in [2.24, 2.45) is 0 Å². The maximum Gasteiger partial charge on any atom is 0.265 e. The number of hydrogen-bond donors (Lipinski definition) is 0. The second kappa shape index (κ2) is 6.06. The molecule has 0 heterocycles. The molecular formula is C19H13ClN2. The minimum Gasteiger partial charge on any atom is -0.226 e. The maximum absolute atomic E-state index is 9.18. The highest BCUT2D eigenvalue weighted by Crippen LogP contribution is 2.43. The Morgan fingerprint density at radius 1 is 1.18 bits per heavy atom. The first-order valence-corrected chi connectivity index (χ1v) is 7.48. The lowest BCUT2D eigenvalue weighted by Crippen LogP contribution is -2.11. The Morgan fingerprint density at radius 2 is 1.91 bits per heavy atom. The van der Waals surface area contributed by atoms with Crippen molar-refractivity contribution in [1.29, 1.82) is 5.26 Å². The Labute approximate surface area is 135 Å². The number of hydrogen-bond acceptors (Lipinski definition) is 1. The Hall–Kier alpha value is -2.55. The van der Waals surface area contributed by atoms with Gasteiger partial charge in [-0.15, -0.1) is 0 Å². The Kier molecular flexibility index (Phi) is 3.96. The summed E-state index contributed by atoms with van der Waals surface area (Å²) in [7, 11) is 0. The number of halogens is 1. The number of fused-ring (bicyclic) bond motifs is 1. The van der Waals surface area contributed by atoms with Crippen molar-refractivity contribution in [3.8, 4) is 6.07 Å². The van der Waals surface area contributed by atoms with Crippen LogP contribution in [0.2, 0.25) is 5.02 Å². The summed E-state index contributed by atoms with van der Waals surface area (Å²) in [5.41, 5.74) is 4.52. The zero-order valence-corrected chi connectivity index (χ0v) is 12.6. The van der Waals surface area contributed by atoms with Gasteiger partial charge in [-0.2, -0.15) is 0 Å². The molecule has 1 atom stereocenters. The van der Waals surface area contributed by atoms with Crippen LogP contribution in [0.4, 0.5) is 0 Å². The van der Waals surface area contributed by atoms with Gasteiger partial charge in [0.1, 0.15) is 0 Å². The third-order valence-electron chi connectivity index (χ3n) is 4.12. The average Bonchev–Trinajstić information content (AvgIpc) is 2.57. The Bertz CT molecular complexity index is 804. The van der Waals surface area contributed by atoms with Gasteiger partial charge in [0.05, 0.1) is 12.6 Å². The van der Waals surface area contributed by atoms with E-state index >= 15 is 0 Å². The van der Waals surface area contributed by atoms with Crippen LogP contribution in [0.5, 0.6) is 0 Å². The molecule has 22 heavy (non-hydrogen) atoms. The third-order valence-corrected chi connectivity index (χ3v) is 4.37. The highest BCUT2D eigenvalue weighted by Gasteiger charge is 2.26. The van der Waals surface area contributed by atoms with Crippen LogP contribution in [-0.4, -0.2) is 0 Å². The number of rotatable bonds is 1. The monoisotopic (exact) mass is 304 g/mol. The average molecular weight is 305 g/mol. The highest BCUT2D eigenvalue weighted by atomic mass is 35.5. The van der Waals surface area contributed by atoms with Gasteiger partial charge in [-0.25, -0.2) is 10.1 Å². The first-order chi connectivity index (χ1) is 10.7. The molecule has 0 fully saturated rings. The van der Waals surface area contributed by atoms with Crippen LogP contribution >= 0.6 is 11.6 Å². The molecule has 2 nitrogen and oxygen atoms in total. The van der Waals surface area contributed by atoms with Gasteiger partial charge in [0.15, 0.2) is 0 Å². The predicted octanol–water partition coefficient (Wildman–Crippen LogP) is 5.42. The van der Waals surface area contributed by atoms with Crippen LogP contribution in [-0.2, 0) is 0 Å². The lowest BCUT2D eigenvalue weighted by atomic mass is 9.76. The second-order valence-corrected chi connectivity index (χ2v) is 5.72. The molecule has 0 amide bonds. The summed E-state index contributed by atoms with van der Waals surface area (Å²) in [5.74, 6) is 0.280. The van der Waals surface area contributed by atoms with Crippen molar-refractivity contribution >= 4 is 17.2 Å². The van der Waals surface area contributed by atoms with E-state index in [0.717, 1.165) is 29.0 Å². The molecule has 3 heteroatoms. The Morgan fingerprint density at radius 3 is 2.59 bits per heavy atom. The van der Waals surface area contributed by atoms with Crippen molar-refractivity contribution in [3.63, 3.8) is 0 Å². The van der Waals surface area contributed by atoms with Gasteiger partial charge in [0.25, 0.3) is 5.70 Å². The summed E-state index contributed by atoms with van der Waals surface area (Å²) in [6.45, 7) is 7.21. The van der Waals surface area contributed by atoms with Crippen LogP contribution in [0, 0.1) is 17.9 Å². The quantitative estimate of drug-likeness (QED) is 0.510. The topological polar surface area (TPSA) is 28.1 Å². The fourth-order valence-electron chi connectivity index (χ4n) is 3.10. The lowest BCUT2D eigenvalue weighted by Gasteiger charge is -2.28. The van der Waals surface area contributed by atoms with Crippen LogP contribution in [0.1, 0.15) is 35.4 Å². The van der Waals surface area contributed by atoms with Crippen molar-refractivity contribution < 1.29 is 0 Å². The molecule has 2 aromatic rings. The molecule has 1 aliphatic carbocycles. The van der Waals surface area contributed by atoms with Crippen molar-refractivity contribution in [2.45, 2.75) is 18.8 Å². The van der Waals surface area contributed by atoms with Gasteiger partial charge < -0.3 is 0 Å². The van der Waals surface area contributed by atoms with Gasteiger partial charge in [-0.05, 0) is 47.2 Å². The summed E-state index contributed by atoms with van der Waals surface area (Å²) in [4.78, 5) is 3.39. The minimum absolute atomic E-state index is 0.210. The minimum atomic E-state index is 0.210. The van der Waals surface area contributed by atoms with Gasteiger partial charge in [-0.3, -0.25) is 0 Å². The summed E-state index contributed by atoms with van der Waals surface area (Å²) < 4.78 is 0. The summed E-state index contributed by atoms with van der Waals surface area (Å²) in [6.07, 6.45) is 1.64. The maximum atomic E-state index is 9.18. The molecule has 1 aliphatic rings. The van der Waals surface area contributed by atoms with Crippen molar-refractivity contribution in [3.05, 3.63) is 87.4 Å². The molecule has 0 radical (unpaired) electrons. The van der Waals surface area contributed by atoms with E-state index in [-0.39, 0.29) is 11.6 Å². The SMILES string of the molecule is [C-]#[N+]C(C#N)=C1CCC(c2ccc(Cl)cc2)c2ccccc21. The molecule has 0 saturated carbocycles. The summed E-state index contributed by atoms with van der Waals surface area (Å²) in [5, 5.41) is 9.91. The van der Waals surface area contributed by atoms with E-state index in [2.05, 4.69) is 23.0 Å². The molecule has 0 aliphatic heterocycles. The first kappa shape index (κ1) is 14.4. The van der Waals surface area contributed by atoms with Gasteiger partial charge in [0.2, 0.25) is 0 Å². The van der Waals surface area contributed by atoms with E-state index < -0.39 is 0 Å². The predicted molar refractivity (Wildman–Crippen MR) is 88.1 cm³/mol. The largest absolute Gasteiger partial charge is 0.265 e. The van der Waals surface area contributed by atoms with E-state index in [0.29, 0.717) is 0 Å². The van der Waals surface area contributed by atoms with E-state index in [4.69, 9.17) is 18.2 Å². The molecule has 0 aromatic heterocycles. The molecule has 0 spiro atoms. The van der Waals surface area contributed by atoms with E-state index in [1.54, 1.807) is 0 Å². The number of nitrogens with zero attached hydrogens (tertiary/aromatic N) is 2. The summed E-state index contributed by atoms with van der Waals surface area (Å²) >= 11 is 5.98. The number of benzene rings is 2. The van der Waals surface area contributed by atoms with Crippen LogP contribution in [0.3, 0.4) is 0 Å². The lowest BCUT2D eigenvalue weighted by molar-refractivity contribution is 0.710. The van der Waals surface area contributed by atoms with Crippen LogP contribution in [0.25, 0.3) is 10.4 Å². The van der Waals surface area contributed by atoms with E-state index in [1.807, 2.05) is 36.4 Å². The van der Waals surface area contributed by atoms with E-state index in [1.165, 1.54) is 11.1 Å². The van der Waals surface area contributed by atoms with Crippen LogP contribution in [0.15, 0.2) is 54.2 Å². The fraction of sp³-hybridized carbons (Fsp3) is 0.158. The number of allylic oxidation sites excluding steroid dienone is 2. The first-order valence-electron chi connectivity index (χ1n) is 7.10. The van der Waals surface area contributed by atoms with Gasteiger partial charge in [-0.1, -0.05) is 48.0 Å². The highest BCUT2D eigenvalue weighted by molar-refractivity contribution is 6.30. The molecule has 0 bridgehead atoms. The molecule has 2 aromatic carbocycles. The molecule has 3 rings (SSSR count). The Balaban J connectivity index is 2.13. The normalized spacial score (nSPS) is 18.8. The van der Waals surface area contributed by atoms with Crippen LogP contribution < -0.4 is 0 Å². The summed E-state index contributed by atoms with van der Waals surface area (Å²) in [6, 6.07) is 18.0. The zero-order valence-electron chi connectivity index (χ0n) is 11.9.